The molecule has 1 saturated heterocycles. The minimum atomic E-state index is -1.40. The van der Waals surface area contributed by atoms with Gasteiger partial charge in [0.2, 0.25) is 6.36 Å². The molecular weight excluding hydrogens is 459 g/mol. The van der Waals surface area contributed by atoms with Crippen molar-refractivity contribution in [3.8, 4) is 17.0 Å². The van der Waals surface area contributed by atoms with Gasteiger partial charge >= 0.3 is 0 Å². The Kier molecular flexibility index (Phi) is 7.34. The Hall–Kier alpha value is -2.84. The first-order valence-electron chi connectivity index (χ1n) is 13.0. The number of halogens is 1. The quantitative estimate of drug-likeness (QED) is 0.388. The van der Waals surface area contributed by atoms with Gasteiger partial charge < -0.3 is 9.47 Å². The molecule has 2 aliphatic rings. The molecule has 1 aromatic carbocycles. The molecule has 0 amide bonds. The fraction of sp³-hybridized carbons (Fsp3) is 0.536. The minimum absolute atomic E-state index is 0.0826. The second-order valence-electron chi connectivity index (χ2n) is 10.2. The largest absolute Gasteiger partial charge is 0.461 e. The zero-order valence-electron chi connectivity index (χ0n) is 21.3. The van der Waals surface area contributed by atoms with Gasteiger partial charge in [0.15, 0.2) is 5.78 Å². The maximum atomic E-state index is 13.4. The number of benzene rings is 1. The van der Waals surface area contributed by atoms with Gasteiger partial charge in [0.1, 0.15) is 17.0 Å². The molecule has 192 valence electrons. The molecule has 5 rings (SSSR count). The number of hydrogen-bond acceptors (Lipinski definition) is 6. The molecule has 3 atom stereocenters. The Morgan fingerprint density at radius 1 is 1.19 bits per heavy atom. The molecule has 1 aliphatic carbocycles. The monoisotopic (exact) mass is 494 g/mol. The van der Waals surface area contributed by atoms with Gasteiger partial charge in [-0.2, -0.15) is 5.10 Å². The summed E-state index contributed by atoms with van der Waals surface area (Å²) in [6, 6.07) is 9.70. The van der Waals surface area contributed by atoms with Crippen LogP contribution in [-0.2, 0) is 4.74 Å². The van der Waals surface area contributed by atoms with Crippen molar-refractivity contribution < 1.29 is 18.7 Å². The van der Waals surface area contributed by atoms with Gasteiger partial charge in [0, 0.05) is 55.8 Å². The van der Waals surface area contributed by atoms with Crippen molar-refractivity contribution >= 4 is 16.8 Å². The number of morpholine rings is 1. The SMILES string of the molecule is CC(F)Oc1cccc(-c2nn(C(C)C)c3cc(C(=O)C[C@@H]4CCC[C@H]4N4CCOCC4)cnc23)c1. The van der Waals surface area contributed by atoms with E-state index in [4.69, 9.17) is 19.6 Å². The van der Waals surface area contributed by atoms with Crippen molar-refractivity contribution in [1.29, 1.82) is 0 Å². The predicted molar refractivity (Wildman–Crippen MR) is 137 cm³/mol. The highest BCUT2D eigenvalue weighted by atomic mass is 19.1. The first kappa shape index (κ1) is 24.8. The Morgan fingerprint density at radius 3 is 2.75 bits per heavy atom. The van der Waals surface area contributed by atoms with Crippen LogP contribution in [0, 0.1) is 5.92 Å². The number of ether oxygens (including phenoxy) is 2. The molecule has 1 saturated carbocycles. The average Bonchev–Trinajstić information content (AvgIpc) is 3.48. The normalized spacial score (nSPS) is 21.8. The predicted octanol–water partition coefficient (Wildman–Crippen LogP) is 5.45. The highest BCUT2D eigenvalue weighted by Crippen LogP contribution is 2.35. The standard InChI is InChI=1S/C28H35FN4O3/c1-18(2)33-25-15-22(26(34)16-20-6-5-9-24(20)32-10-12-35-13-11-32)17-30-28(25)27(31-33)21-7-4-8-23(14-21)36-19(3)29/h4,7-8,14-15,17-20,24H,5-6,9-13,16H2,1-3H3/t19?,20-,24+/m0/s1. The van der Waals surface area contributed by atoms with Gasteiger partial charge in [-0.05, 0) is 50.8 Å². The molecule has 3 aromatic rings. The number of aromatic nitrogens is 3. The van der Waals surface area contributed by atoms with E-state index in [2.05, 4.69) is 18.7 Å². The highest BCUT2D eigenvalue weighted by Gasteiger charge is 2.34. The molecule has 3 heterocycles. The Morgan fingerprint density at radius 2 is 2.00 bits per heavy atom. The molecule has 2 fully saturated rings. The van der Waals surface area contributed by atoms with Crippen LogP contribution in [0.4, 0.5) is 4.39 Å². The van der Waals surface area contributed by atoms with Crippen LogP contribution in [0.1, 0.15) is 62.9 Å². The van der Waals surface area contributed by atoms with E-state index in [0.29, 0.717) is 35.4 Å². The van der Waals surface area contributed by atoms with Crippen LogP contribution in [0.2, 0.25) is 0 Å². The molecule has 36 heavy (non-hydrogen) atoms. The van der Waals surface area contributed by atoms with Crippen molar-refractivity contribution in [2.75, 3.05) is 26.3 Å². The molecular formula is C28H35FN4O3. The van der Waals surface area contributed by atoms with Crippen molar-refractivity contribution in [2.24, 2.45) is 5.92 Å². The summed E-state index contributed by atoms with van der Waals surface area (Å²) in [6.45, 7) is 8.93. The lowest BCUT2D eigenvalue weighted by molar-refractivity contribution is 0.00775. The van der Waals surface area contributed by atoms with Gasteiger partial charge in [-0.3, -0.25) is 19.4 Å². The first-order valence-corrected chi connectivity index (χ1v) is 13.0. The van der Waals surface area contributed by atoms with Crippen LogP contribution < -0.4 is 4.74 Å². The van der Waals surface area contributed by atoms with Crippen LogP contribution in [0.3, 0.4) is 0 Å². The third kappa shape index (κ3) is 5.15. The molecule has 0 radical (unpaired) electrons. The number of pyridine rings is 1. The number of hydrogen-bond donors (Lipinski definition) is 0. The number of carbonyl (C=O) groups excluding carboxylic acids is 1. The number of fused-ring (bicyclic) bond motifs is 1. The Labute approximate surface area is 211 Å². The van der Waals surface area contributed by atoms with Crippen molar-refractivity contribution in [3.63, 3.8) is 0 Å². The number of ketones is 1. The summed E-state index contributed by atoms with van der Waals surface area (Å²) in [5.41, 5.74) is 3.66. The fourth-order valence-corrected chi connectivity index (χ4v) is 5.67. The number of rotatable bonds is 8. The van der Waals surface area contributed by atoms with E-state index in [-0.39, 0.29) is 11.8 Å². The lowest BCUT2D eigenvalue weighted by Crippen LogP contribution is -2.45. The zero-order valence-corrected chi connectivity index (χ0v) is 21.3. The maximum Gasteiger partial charge on any atom is 0.235 e. The molecule has 0 spiro atoms. The Balaban J connectivity index is 1.42. The fourth-order valence-electron chi connectivity index (χ4n) is 5.67. The summed E-state index contributed by atoms with van der Waals surface area (Å²) in [7, 11) is 0. The van der Waals surface area contributed by atoms with E-state index in [0.717, 1.165) is 55.7 Å². The summed E-state index contributed by atoms with van der Waals surface area (Å²) < 4.78 is 26.1. The summed E-state index contributed by atoms with van der Waals surface area (Å²) in [5.74, 6) is 0.949. The molecule has 8 heteroatoms. The lowest BCUT2D eigenvalue weighted by atomic mass is 9.93. The number of nitrogens with zero attached hydrogens (tertiary/aromatic N) is 4. The summed E-state index contributed by atoms with van der Waals surface area (Å²) in [4.78, 5) is 20.6. The number of alkyl halides is 1. The molecule has 0 bridgehead atoms. The van der Waals surface area contributed by atoms with Crippen LogP contribution in [0.25, 0.3) is 22.3 Å². The van der Waals surface area contributed by atoms with Gasteiger partial charge in [-0.1, -0.05) is 18.6 Å². The van der Waals surface area contributed by atoms with Gasteiger partial charge in [0.05, 0.1) is 18.7 Å². The van der Waals surface area contributed by atoms with Crippen LogP contribution in [0.15, 0.2) is 36.5 Å². The molecule has 2 aromatic heterocycles. The molecule has 1 unspecified atom stereocenters. The number of Topliss-reactive ketones (excluding diaryl/α,β-unsaturated/α-hetero) is 1. The zero-order chi connectivity index (χ0) is 25.2. The highest BCUT2D eigenvalue weighted by molar-refractivity contribution is 6.00. The second kappa shape index (κ2) is 10.6. The van der Waals surface area contributed by atoms with E-state index in [1.54, 1.807) is 18.3 Å². The van der Waals surface area contributed by atoms with Crippen molar-refractivity contribution in [1.82, 2.24) is 19.7 Å². The molecule has 0 N–H and O–H groups in total. The maximum absolute atomic E-state index is 13.4. The summed E-state index contributed by atoms with van der Waals surface area (Å²) >= 11 is 0. The summed E-state index contributed by atoms with van der Waals surface area (Å²) in [5, 5.41) is 4.83. The smallest absolute Gasteiger partial charge is 0.235 e. The topological polar surface area (TPSA) is 69.5 Å². The summed E-state index contributed by atoms with van der Waals surface area (Å²) in [6.07, 6.45) is 4.24. The van der Waals surface area contributed by atoms with Crippen molar-refractivity contribution in [3.05, 3.63) is 42.1 Å². The van der Waals surface area contributed by atoms with E-state index in [1.807, 2.05) is 22.9 Å². The number of carbonyl (C=O) groups is 1. The van der Waals surface area contributed by atoms with E-state index < -0.39 is 6.36 Å². The third-order valence-corrected chi connectivity index (χ3v) is 7.34. The van der Waals surface area contributed by atoms with Gasteiger partial charge in [-0.15, -0.1) is 0 Å². The molecule has 7 nitrogen and oxygen atoms in total. The van der Waals surface area contributed by atoms with Crippen molar-refractivity contribution in [2.45, 2.75) is 64.9 Å². The van der Waals surface area contributed by atoms with E-state index in [1.165, 1.54) is 13.3 Å². The van der Waals surface area contributed by atoms with E-state index >= 15 is 0 Å². The van der Waals surface area contributed by atoms with Crippen LogP contribution in [-0.4, -0.2) is 64.2 Å². The Bertz CT molecular complexity index is 1220. The minimum Gasteiger partial charge on any atom is -0.461 e. The lowest BCUT2D eigenvalue weighted by Gasteiger charge is -2.35. The van der Waals surface area contributed by atoms with Gasteiger partial charge in [0.25, 0.3) is 0 Å². The van der Waals surface area contributed by atoms with Gasteiger partial charge in [-0.25, -0.2) is 4.39 Å². The average molecular weight is 495 g/mol. The third-order valence-electron chi connectivity index (χ3n) is 7.34. The first-order chi connectivity index (χ1) is 17.4. The van der Waals surface area contributed by atoms with Crippen LogP contribution >= 0.6 is 0 Å². The van der Waals surface area contributed by atoms with Crippen LogP contribution in [0.5, 0.6) is 5.75 Å². The second-order valence-corrected chi connectivity index (χ2v) is 10.2. The van der Waals surface area contributed by atoms with E-state index in [9.17, 15) is 9.18 Å². The molecule has 1 aliphatic heterocycles.